The Bertz CT molecular complexity index is 381. The molecule has 0 aromatic heterocycles. The van der Waals surface area contributed by atoms with Crippen molar-refractivity contribution in [1.29, 1.82) is 0 Å². The maximum Gasteiger partial charge on any atom is 0.0320 e. The van der Waals surface area contributed by atoms with Crippen molar-refractivity contribution in [2.75, 3.05) is 7.05 Å². The Labute approximate surface area is 112 Å². The van der Waals surface area contributed by atoms with Gasteiger partial charge in [-0.15, -0.1) is 6.58 Å². The van der Waals surface area contributed by atoms with Crippen molar-refractivity contribution in [3.05, 3.63) is 47.5 Å². The topological polar surface area (TPSA) is 12.0 Å². The first-order valence-electron chi connectivity index (χ1n) is 6.76. The normalized spacial score (nSPS) is 13.4. The van der Waals surface area contributed by atoms with E-state index in [-0.39, 0.29) is 5.41 Å². The average molecular weight is 245 g/mol. The molecule has 0 aliphatic heterocycles. The van der Waals surface area contributed by atoms with E-state index in [4.69, 9.17) is 0 Å². The summed E-state index contributed by atoms with van der Waals surface area (Å²) in [7, 11) is 2.03. The third kappa shape index (κ3) is 4.30. The summed E-state index contributed by atoms with van der Waals surface area (Å²) < 4.78 is 0. The molecule has 0 saturated carbocycles. The summed E-state index contributed by atoms with van der Waals surface area (Å²) in [5, 5.41) is 3.39. The van der Waals surface area contributed by atoms with Gasteiger partial charge in [0.2, 0.25) is 0 Å². The van der Waals surface area contributed by atoms with Crippen LogP contribution >= 0.6 is 0 Å². The number of benzene rings is 1. The number of rotatable bonds is 5. The summed E-state index contributed by atoms with van der Waals surface area (Å²) >= 11 is 0. The van der Waals surface area contributed by atoms with E-state index in [2.05, 4.69) is 63.9 Å². The second-order valence-corrected chi connectivity index (χ2v) is 6.21. The molecule has 1 atom stereocenters. The average Bonchev–Trinajstić information content (AvgIpc) is 2.29. The van der Waals surface area contributed by atoms with Crippen LogP contribution < -0.4 is 5.32 Å². The molecule has 0 aliphatic carbocycles. The van der Waals surface area contributed by atoms with Crippen molar-refractivity contribution in [3.8, 4) is 0 Å². The van der Waals surface area contributed by atoms with Crippen molar-refractivity contribution in [2.24, 2.45) is 0 Å². The van der Waals surface area contributed by atoms with Crippen LogP contribution in [-0.2, 0) is 5.41 Å². The number of allylic oxidation sites excluding steroid dienone is 1. The maximum absolute atomic E-state index is 3.97. The summed E-state index contributed by atoms with van der Waals surface area (Å²) in [6.07, 6.45) is 2.19. The fourth-order valence-electron chi connectivity index (χ4n) is 2.08. The summed E-state index contributed by atoms with van der Waals surface area (Å²) in [6.45, 7) is 12.8. The molecule has 0 aliphatic rings. The van der Waals surface area contributed by atoms with Gasteiger partial charge in [0.05, 0.1) is 0 Å². The molecule has 0 saturated heterocycles. The maximum atomic E-state index is 3.97. The number of nitrogens with one attached hydrogen (secondary N) is 1. The number of hydrogen-bond donors (Lipinski definition) is 1. The first kappa shape index (κ1) is 15.0. The zero-order valence-corrected chi connectivity index (χ0v) is 12.5. The van der Waals surface area contributed by atoms with Gasteiger partial charge >= 0.3 is 0 Å². The fourth-order valence-corrected chi connectivity index (χ4v) is 2.08. The van der Waals surface area contributed by atoms with E-state index in [1.807, 2.05) is 7.05 Å². The lowest BCUT2D eigenvalue weighted by molar-refractivity contribution is 0.546. The van der Waals surface area contributed by atoms with Crippen molar-refractivity contribution in [3.63, 3.8) is 0 Å². The van der Waals surface area contributed by atoms with Gasteiger partial charge in [-0.05, 0) is 43.4 Å². The van der Waals surface area contributed by atoms with Gasteiger partial charge in [-0.3, -0.25) is 0 Å². The zero-order valence-electron chi connectivity index (χ0n) is 12.5. The van der Waals surface area contributed by atoms with Crippen LogP contribution in [0.3, 0.4) is 0 Å². The van der Waals surface area contributed by atoms with Crippen LogP contribution in [0.5, 0.6) is 0 Å². The van der Waals surface area contributed by atoms with Gasteiger partial charge in [0.15, 0.2) is 0 Å². The quantitative estimate of drug-likeness (QED) is 0.747. The van der Waals surface area contributed by atoms with Crippen LogP contribution in [0.4, 0.5) is 0 Å². The molecule has 1 aromatic rings. The Kier molecular flexibility index (Phi) is 5.15. The second-order valence-electron chi connectivity index (χ2n) is 6.21. The molecule has 1 rings (SSSR count). The molecule has 1 unspecified atom stereocenters. The molecule has 0 amide bonds. The molecule has 0 radical (unpaired) electrons. The molecule has 1 nitrogen and oxygen atoms in total. The number of hydrogen-bond acceptors (Lipinski definition) is 1. The molecule has 0 bridgehead atoms. The fraction of sp³-hybridized carbons (Fsp3) is 0.529. The first-order valence-corrected chi connectivity index (χ1v) is 6.76. The molecule has 0 spiro atoms. The van der Waals surface area contributed by atoms with Gasteiger partial charge in [-0.2, -0.15) is 0 Å². The minimum Gasteiger partial charge on any atom is -0.313 e. The SMILES string of the molecule is C=C(C)CCC(NC)c1ccc(C(C)(C)C)cc1. The van der Waals surface area contributed by atoms with Crippen LogP contribution in [0, 0.1) is 0 Å². The van der Waals surface area contributed by atoms with Gasteiger partial charge in [0.25, 0.3) is 0 Å². The molecule has 18 heavy (non-hydrogen) atoms. The highest BCUT2D eigenvalue weighted by atomic mass is 14.9. The van der Waals surface area contributed by atoms with Crippen LogP contribution in [-0.4, -0.2) is 7.05 Å². The highest BCUT2D eigenvalue weighted by Gasteiger charge is 2.14. The highest BCUT2D eigenvalue weighted by molar-refractivity contribution is 5.29. The Balaban J connectivity index is 2.79. The van der Waals surface area contributed by atoms with Gasteiger partial charge in [0, 0.05) is 6.04 Å². The van der Waals surface area contributed by atoms with Crippen LogP contribution in [0.2, 0.25) is 0 Å². The van der Waals surface area contributed by atoms with Gasteiger partial charge in [-0.1, -0.05) is 50.6 Å². The minimum absolute atomic E-state index is 0.228. The molecule has 1 heteroatoms. The van der Waals surface area contributed by atoms with Crippen molar-refractivity contribution < 1.29 is 0 Å². The minimum atomic E-state index is 0.228. The predicted molar refractivity (Wildman–Crippen MR) is 81.0 cm³/mol. The lowest BCUT2D eigenvalue weighted by atomic mass is 9.86. The van der Waals surface area contributed by atoms with Crippen LogP contribution in [0.25, 0.3) is 0 Å². The van der Waals surface area contributed by atoms with Crippen molar-refractivity contribution >= 4 is 0 Å². The smallest absolute Gasteiger partial charge is 0.0320 e. The molecule has 0 heterocycles. The van der Waals surface area contributed by atoms with Gasteiger partial charge in [0.1, 0.15) is 0 Å². The summed E-state index contributed by atoms with van der Waals surface area (Å²) in [6, 6.07) is 9.43. The van der Waals surface area contributed by atoms with Gasteiger partial charge < -0.3 is 5.32 Å². The van der Waals surface area contributed by atoms with Crippen LogP contribution in [0.15, 0.2) is 36.4 Å². The third-order valence-corrected chi connectivity index (χ3v) is 3.39. The molecular weight excluding hydrogens is 218 g/mol. The molecular formula is C17H27N. The standard InChI is InChI=1S/C17H27N/c1-13(2)7-12-16(18-6)14-8-10-15(11-9-14)17(3,4)5/h8-11,16,18H,1,7,12H2,2-6H3. The molecule has 1 aromatic carbocycles. The Hall–Kier alpha value is -1.08. The zero-order chi connectivity index (χ0) is 13.8. The summed E-state index contributed by atoms with van der Waals surface area (Å²) in [5.74, 6) is 0. The molecule has 100 valence electrons. The lowest BCUT2D eigenvalue weighted by Gasteiger charge is -2.21. The van der Waals surface area contributed by atoms with Crippen molar-refractivity contribution in [2.45, 2.75) is 52.0 Å². The van der Waals surface area contributed by atoms with E-state index in [9.17, 15) is 0 Å². The Morgan fingerprint density at radius 2 is 1.78 bits per heavy atom. The predicted octanol–water partition coefficient (Wildman–Crippen LogP) is 4.60. The van der Waals surface area contributed by atoms with E-state index in [1.54, 1.807) is 0 Å². The summed E-state index contributed by atoms with van der Waals surface area (Å²) in [5.41, 5.74) is 4.24. The Morgan fingerprint density at radius 1 is 1.22 bits per heavy atom. The van der Waals surface area contributed by atoms with Crippen LogP contribution in [0.1, 0.15) is 57.7 Å². The first-order chi connectivity index (χ1) is 8.34. The third-order valence-electron chi connectivity index (χ3n) is 3.39. The molecule has 1 N–H and O–H groups in total. The lowest BCUT2D eigenvalue weighted by Crippen LogP contribution is -2.17. The van der Waals surface area contributed by atoms with E-state index >= 15 is 0 Å². The van der Waals surface area contributed by atoms with E-state index < -0.39 is 0 Å². The molecule has 0 fully saturated rings. The highest BCUT2D eigenvalue weighted by Crippen LogP contribution is 2.25. The van der Waals surface area contributed by atoms with E-state index in [0.717, 1.165) is 12.8 Å². The Morgan fingerprint density at radius 3 is 2.17 bits per heavy atom. The van der Waals surface area contributed by atoms with Gasteiger partial charge in [-0.25, -0.2) is 0 Å². The van der Waals surface area contributed by atoms with E-state index in [1.165, 1.54) is 16.7 Å². The summed E-state index contributed by atoms with van der Waals surface area (Å²) in [4.78, 5) is 0. The van der Waals surface area contributed by atoms with E-state index in [0.29, 0.717) is 6.04 Å². The van der Waals surface area contributed by atoms with Crippen molar-refractivity contribution in [1.82, 2.24) is 5.32 Å². The largest absolute Gasteiger partial charge is 0.313 e. The second kappa shape index (κ2) is 6.19. The monoisotopic (exact) mass is 245 g/mol.